The maximum atomic E-state index is 13.1. The van der Waals surface area contributed by atoms with E-state index in [0.717, 1.165) is 21.3 Å². The summed E-state index contributed by atoms with van der Waals surface area (Å²) in [4.78, 5) is 12.5. The molecule has 0 saturated carbocycles. The van der Waals surface area contributed by atoms with Crippen molar-refractivity contribution in [2.45, 2.75) is 77.5 Å². The molecular formula is C31H32Cl2F3IO4. The molecule has 0 aliphatic rings. The minimum Gasteiger partial charge on any atom is -0.477 e. The molecule has 10 heteroatoms. The van der Waals surface area contributed by atoms with Gasteiger partial charge < -0.3 is 14.2 Å². The number of esters is 1. The zero-order valence-electron chi connectivity index (χ0n) is 23.2. The predicted octanol–water partition coefficient (Wildman–Crippen LogP) is 10.0. The molecule has 0 amide bonds. The van der Waals surface area contributed by atoms with E-state index in [1.807, 2.05) is 24.3 Å². The number of hydrogen-bond acceptors (Lipinski definition) is 4. The topological polar surface area (TPSA) is 44.8 Å². The molecule has 0 aliphatic heterocycles. The van der Waals surface area contributed by atoms with Gasteiger partial charge in [0.1, 0.15) is 16.4 Å². The molecule has 0 saturated heterocycles. The fourth-order valence-electron chi connectivity index (χ4n) is 3.97. The second-order valence-electron chi connectivity index (χ2n) is 10.5. The van der Waals surface area contributed by atoms with Crippen LogP contribution in [0.1, 0.15) is 68.9 Å². The molecule has 3 aromatic rings. The van der Waals surface area contributed by atoms with E-state index in [2.05, 4.69) is 22.6 Å². The van der Waals surface area contributed by atoms with Gasteiger partial charge in [0.05, 0.1) is 23.3 Å². The molecule has 222 valence electrons. The molecule has 41 heavy (non-hydrogen) atoms. The van der Waals surface area contributed by atoms with Crippen LogP contribution in [0.4, 0.5) is 13.2 Å². The van der Waals surface area contributed by atoms with E-state index in [9.17, 15) is 18.0 Å². The van der Waals surface area contributed by atoms with Crippen LogP contribution in [0, 0.1) is 3.57 Å². The first-order chi connectivity index (χ1) is 19.2. The third-order valence-electron chi connectivity index (χ3n) is 6.09. The van der Waals surface area contributed by atoms with Crippen molar-refractivity contribution >= 4 is 51.8 Å². The number of carbonyl (C=O) groups is 1. The largest absolute Gasteiger partial charge is 0.477 e. The minimum absolute atomic E-state index is 0.164. The van der Waals surface area contributed by atoms with Crippen molar-refractivity contribution in [3.05, 3.63) is 96.5 Å². The molecule has 4 nitrogen and oxygen atoms in total. The Labute approximate surface area is 262 Å². The Balaban J connectivity index is 1.77. The maximum Gasteiger partial charge on any atom is 0.416 e. The molecule has 0 radical (unpaired) electrons. The van der Waals surface area contributed by atoms with Gasteiger partial charge in [-0.15, -0.1) is 0 Å². The molecule has 0 N–H and O–H groups in total. The average molecular weight is 723 g/mol. The van der Waals surface area contributed by atoms with Gasteiger partial charge in [0.2, 0.25) is 0 Å². The second-order valence-corrected chi connectivity index (χ2v) is 12.5. The van der Waals surface area contributed by atoms with Crippen molar-refractivity contribution in [2.24, 2.45) is 0 Å². The maximum absolute atomic E-state index is 13.1. The van der Waals surface area contributed by atoms with Crippen LogP contribution in [0.2, 0.25) is 10.0 Å². The van der Waals surface area contributed by atoms with Crippen LogP contribution in [0.25, 0.3) is 0 Å². The highest BCUT2D eigenvalue weighted by Gasteiger charge is 2.30. The molecular weight excluding hydrogens is 691 g/mol. The zero-order chi connectivity index (χ0) is 30.4. The van der Waals surface area contributed by atoms with Crippen LogP contribution >= 0.6 is 45.8 Å². The number of carbonyl (C=O) groups excluding carboxylic acids is 1. The number of alkyl halides is 3. The fourth-order valence-corrected chi connectivity index (χ4v) is 4.81. The Morgan fingerprint density at radius 3 is 2.12 bits per heavy atom. The second kappa shape index (κ2) is 14.4. The summed E-state index contributed by atoms with van der Waals surface area (Å²) in [5, 5.41) is 0.434. The summed E-state index contributed by atoms with van der Waals surface area (Å²) in [6.07, 6.45) is -4.55. The molecule has 0 bridgehead atoms. The summed E-state index contributed by atoms with van der Waals surface area (Å²) in [5.41, 5.74) is 0.891. The number of hydrogen-bond donors (Lipinski definition) is 0. The van der Waals surface area contributed by atoms with E-state index < -0.39 is 35.5 Å². The van der Waals surface area contributed by atoms with Crippen LogP contribution in [0.5, 0.6) is 5.75 Å². The van der Waals surface area contributed by atoms with Gasteiger partial charge in [-0.2, -0.15) is 13.2 Å². The molecule has 0 aliphatic carbocycles. The van der Waals surface area contributed by atoms with Gasteiger partial charge in [0.15, 0.2) is 6.10 Å². The Morgan fingerprint density at radius 2 is 1.56 bits per heavy atom. The summed E-state index contributed by atoms with van der Waals surface area (Å²) < 4.78 is 58.0. The number of ether oxygens (including phenoxy) is 3. The van der Waals surface area contributed by atoms with Crippen molar-refractivity contribution in [3.8, 4) is 5.75 Å². The van der Waals surface area contributed by atoms with E-state index >= 15 is 0 Å². The van der Waals surface area contributed by atoms with E-state index in [-0.39, 0.29) is 22.4 Å². The zero-order valence-corrected chi connectivity index (χ0v) is 26.8. The number of benzene rings is 3. The van der Waals surface area contributed by atoms with E-state index in [4.69, 9.17) is 37.4 Å². The van der Waals surface area contributed by atoms with Crippen LogP contribution in [-0.2, 0) is 33.5 Å². The number of halogens is 6. The molecule has 0 spiro atoms. The monoisotopic (exact) mass is 722 g/mol. The molecule has 0 fully saturated rings. The van der Waals surface area contributed by atoms with E-state index in [1.54, 1.807) is 39.8 Å². The van der Waals surface area contributed by atoms with E-state index in [0.29, 0.717) is 30.4 Å². The van der Waals surface area contributed by atoms with Crippen molar-refractivity contribution in [2.75, 3.05) is 0 Å². The normalized spacial score (nSPS) is 13.5. The quantitative estimate of drug-likeness (QED) is 0.146. The van der Waals surface area contributed by atoms with Crippen molar-refractivity contribution < 1.29 is 32.2 Å². The molecule has 0 aromatic heterocycles. The van der Waals surface area contributed by atoms with Crippen LogP contribution in [0.15, 0.2) is 60.7 Å². The van der Waals surface area contributed by atoms with Gasteiger partial charge in [-0.25, -0.2) is 4.79 Å². The highest BCUT2D eigenvalue weighted by molar-refractivity contribution is 14.1. The smallest absolute Gasteiger partial charge is 0.416 e. The first-order valence-electron chi connectivity index (χ1n) is 13.1. The lowest BCUT2D eigenvalue weighted by Crippen LogP contribution is -2.35. The average Bonchev–Trinajstić information content (AvgIpc) is 2.90. The van der Waals surface area contributed by atoms with Gasteiger partial charge in [-0.3, -0.25) is 0 Å². The van der Waals surface area contributed by atoms with Gasteiger partial charge in [0.25, 0.3) is 0 Å². The molecule has 3 rings (SSSR count). The Bertz CT molecular complexity index is 1310. The van der Waals surface area contributed by atoms with Crippen molar-refractivity contribution in [1.29, 1.82) is 0 Å². The molecule has 0 heterocycles. The summed E-state index contributed by atoms with van der Waals surface area (Å²) in [6.45, 7) is 7.41. The van der Waals surface area contributed by atoms with Crippen molar-refractivity contribution in [1.82, 2.24) is 0 Å². The van der Waals surface area contributed by atoms with Gasteiger partial charge >= 0.3 is 12.1 Å². The summed E-state index contributed by atoms with van der Waals surface area (Å²) in [7, 11) is 0. The van der Waals surface area contributed by atoms with Crippen LogP contribution in [0.3, 0.4) is 0 Å². The fraction of sp³-hybridized carbons (Fsp3) is 0.387. The number of aryl methyl sites for hydroxylation is 1. The van der Waals surface area contributed by atoms with Gasteiger partial charge in [-0.05, 0) is 110 Å². The Morgan fingerprint density at radius 1 is 0.927 bits per heavy atom. The lowest BCUT2D eigenvalue weighted by atomic mass is 9.99. The van der Waals surface area contributed by atoms with Crippen LogP contribution in [-0.4, -0.2) is 17.7 Å². The molecule has 3 aromatic carbocycles. The first kappa shape index (κ1) is 33.5. The first-order valence-corrected chi connectivity index (χ1v) is 14.9. The lowest BCUT2D eigenvalue weighted by molar-refractivity contribution is -0.163. The Kier molecular flexibility index (Phi) is 11.8. The van der Waals surface area contributed by atoms with Gasteiger partial charge in [0, 0.05) is 3.57 Å². The predicted molar refractivity (Wildman–Crippen MR) is 163 cm³/mol. The third kappa shape index (κ3) is 10.0. The summed E-state index contributed by atoms with van der Waals surface area (Å²) >= 11 is 15.4. The van der Waals surface area contributed by atoms with Gasteiger partial charge in [-0.1, -0.05) is 60.5 Å². The van der Waals surface area contributed by atoms with E-state index in [1.165, 1.54) is 12.1 Å². The Hall–Kier alpha value is -2.01. The number of rotatable bonds is 11. The summed E-state index contributed by atoms with van der Waals surface area (Å²) in [6, 6.07) is 16.2. The third-order valence-corrected chi connectivity index (χ3v) is 7.71. The summed E-state index contributed by atoms with van der Waals surface area (Å²) in [5.74, 6) is -0.242. The molecule has 2 unspecified atom stereocenters. The highest BCUT2D eigenvalue weighted by Crippen LogP contribution is 2.38. The highest BCUT2D eigenvalue weighted by atomic mass is 127. The standard InChI is InChI=1S/C31H32Cl2F3IO4/c1-5-24(29(38)41-30(2,3)4)40-26-17-11-21(27(32)28(26)33)10-16-25(39-18-19-6-14-23(37)15-7-19)20-8-12-22(13-9-20)31(34,35)36/h6-9,11-15,17,24-25H,5,10,16,18H2,1-4H3. The molecule has 2 atom stereocenters. The minimum atomic E-state index is -4.43. The van der Waals surface area contributed by atoms with Crippen molar-refractivity contribution in [3.63, 3.8) is 0 Å². The van der Waals surface area contributed by atoms with Crippen LogP contribution < -0.4 is 4.74 Å². The SMILES string of the molecule is CCC(Oc1ccc(CCC(OCc2ccc(I)cc2)c2ccc(C(F)(F)F)cc2)c(Cl)c1Cl)C(=O)OC(C)(C)C. The lowest BCUT2D eigenvalue weighted by Gasteiger charge is -2.24.